The summed E-state index contributed by atoms with van der Waals surface area (Å²) in [6, 6.07) is 1.42. The lowest BCUT2D eigenvalue weighted by atomic mass is 10.3. The van der Waals surface area contributed by atoms with Gasteiger partial charge in [0.15, 0.2) is 23.0 Å². The Morgan fingerprint density at radius 2 is 1.19 bits per heavy atom. The van der Waals surface area contributed by atoms with Crippen molar-refractivity contribution in [3.63, 3.8) is 0 Å². The Bertz CT molecular complexity index is 396. The van der Waals surface area contributed by atoms with Gasteiger partial charge < -0.3 is 29.9 Å². The minimum absolute atomic E-state index is 0.539. The summed E-state index contributed by atoms with van der Waals surface area (Å²) in [7, 11) is 0. The number of hydrogen-bond acceptors (Lipinski definition) is 6. The van der Waals surface area contributed by atoms with Crippen LogP contribution in [0.15, 0.2) is 12.1 Å². The molecule has 0 unspecified atom stereocenters. The molecule has 0 bridgehead atoms. The molecule has 0 aliphatic rings. The zero-order valence-electron chi connectivity index (χ0n) is 7.58. The average molecular weight is 230 g/mol. The number of benzene rings is 1. The van der Waals surface area contributed by atoms with E-state index in [0.717, 1.165) is 0 Å². The van der Waals surface area contributed by atoms with E-state index >= 15 is 0 Å². The summed E-state index contributed by atoms with van der Waals surface area (Å²) in [5, 5.41) is 34.9. The molecule has 8 nitrogen and oxygen atoms in total. The quantitative estimate of drug-likeness (QED) is 0.338. The normalized spacial score (nSPS) is 9.50. The highest BCUT2D eigenvalue weighted by Crippen LogP contribution is 2.38. The van der Waals surface area contributed by atoms with Crippen molar-refractivity contribution in [1.82, 2.24) is 0 Å². The SMILES string of the molecule is O=C(O)Oc1cc(O)c(OC(=O)O)cc1O. The molecule has 0 aromatic heterocycles. The van der Waals surface area contributed by atoms with Gasteiger partial charge in [-0.2, -0.15) is 0 Å². The average Bonchev–Trinajstić information content (AvgIpc) is 2.11. The van der Waals surface area contributed by atoms with Gasteiger partial charge in [0, 0.05) is 12.1 Å². The molecular formula is C8H6O8. The Morgan fingerprint density at radius 3 is 1.44 bits per heavy atom. The van der Waals surface area contributed by atoms with E-state index in [4.69, 9.17) is 10.2 Å². The molecule has 0 aliphatic heterocycles. The maximum atomic E-state index is 10.2. The smallest absolute Gasteiger partial charge is 0.504 e. The van der Waals surface area contributed by atoms with Crippen molar-refractivity contribution in [1.29, 1.82) is 0 Å². The van der Waals surface area contributed by atoms with Crippen LogP contribution in [0.25, 0.3) is 0 Å². The number of carboxylic acid groups (broad SMARTS) is 2. The fraction of sp³-hybridized carbons (Fsp3) is 0. The van der Waals surface area contributed by atoms with Gasteiger partial charge in [-0.05, 0) is 0 Å². The van der Waals surface area contributed by atoms with E-state index in [0.29, 0.717) is 12.1 Å². The first-order valence-electron chi connectivity index (χ1n) is 3.77. The van der Waals surface area contributed by atoms with Crippen molar-refractivity contribution >= 4 is 12.3 Å². The number of rotatable bonds is 2. The van der Waals surface area contributed by atoms with Crippen molar-refractivity contribution in [3.8, 4) is 23.0 Å². The van der Waals surface area contributed by atoms with Crippen LogP contribution in [0.4, 0.5) is 9.59 Å². The maximum absolute atomic E-state index is 10.2. The second-order valence-corrected chi connectivity index (χ2v) is 2.52. The third-order valence-corrected chi connectivity index (χ3v) is 1.44. The molecule has 1 aromatic carbocycles. The van der Waals surface area contributed by atoms with Gasteiger partial charge in [0.25, 0.3) is 0 Å². The van der Waals surface area contributed by atoms with Gasteiger partial charge in [0.2, 0.25) is 0 Å². The van der Waals surface area contributed by atoms with Crippen LogP contribution in [0.3, 0.4) is 0 Å². The number of aromatic hydroxyl groups is 2. The van der Waals surface area contributed by atoms with Crippen molar-refractivity contribution in [2.24, 2.45) is 0 Å². The van der Waals surface area contributed by atoms with Gasteiger partial charge in [0.05, 0.1) is 0 Å². The molecule has 0 heterocycles. The van der Waals surface area contributed by atoms with Crippen molar-refractivity contribution in [2.75, 3.05) is 0 Å². The van der Waals surface area contributed by atoms with Crippen molar-refractivity contribution in [3.05, 3.63) is 12.1 Å². The second-order valence-electron chi connectivity index (χ2n) is 2.52. The number of phenols is 2. The number of ether oxygens (including phenoxy) is 2. The molecule has 0 fully saturated rings. The van der Waals surface area contributed by atoms with E-state index in [-0.39, 0.29) is 0 Å². The summed E-state index contributed by atoms with van der Waals surface area (Å²) in [6.07, 6.45) is -3.39. The van der Waals surface area contributed by atoms with E-state index in [1.807, 2.05) is 0 Å². The molecule has 1 aromatic rings. The summed E-state index contributed by atoms with van der Waals surface area (Å²) >= 11 is 0. The Balaban J connectivity index is 3.06. The van der Waals surface area contributed by atoms with Gasteiger partial charge in [-0.15, -0.1) is 0 Å². The van der Waals surface area contributed by atoms with E-state index < -0.39 is 35.3 Å². The predicted octanol–water partition coefficient (Wildman–Crippen LogP) is 1.21. The van der Waals surface area contributed by atoms with Gasteiger partial charge in [-0.25, -0.2) is 9.59 Å². The van der Waals surface area contributed by atoms with Gasteiger partial charge >= 0.3 is 12.3 Å². The zero-order chi connectivity index (χ0) is 12.3. The molecule has 4 N–H and O–H groups in total. The molecule has 16 heavy (non-hydrogen) atoms. The lowest BCUT2D eigenvalue weighted by molar-refractivity contribution is 0.139. The van der Waals surface area contributed by atoms with E-state index in [1.54, 1.807) is 0 Å². The highest BCUT2D eigenvalue weighted by atomic mass is 16.7. The summed E-state index contributed by atoms with van der Waals surface area (Å²) in [4.78, 5) is 20.3. The Morgan fingerprint density at radius 1 is 0.875 bits per heavy atom. The number of hydrogen-bond donors (Lipinski definition) is 4. The summed E-state index contributed by atoms with van der Waals surface area (Å²) < 4.78 is 8.18. The Labute approximate surface area is 87.9 Å². The molecular weight excluding hydrogens is 224 g/mol. The van der Waals surface area contributed by atoms with E-state index in [9.17, 15) is 19.8 Å². The number of carbonyl (C=O) groups is 2. The lowest BCUT2D eigenvalue weighted by Gasteiger charge is -2.07. The highest BCUT2D eigenvalue weighted by Gasteiger charge is 2.15. The summed E-state index contributed by atoms with van der Waals surface area (Å²) in [6.45, 7) is 0. The summed E-state index contributed by atoms with van der Waals surface area (Å²) in [5.74, 6) is -2.45. The van der Waals surface area contributed by atoms with E-state index in [1.165, 1.54) is 0 Å². The maximum Gasteiger partial charge on any atom is 0.511 e. The lowest BCUT2D eigenvalue weighted by Crippen LogP contribution is -2.05. The van der Waals surface area contributed by atoms with Crippen LogP contribution in [0.5, 0.6) is 23.0 Å². The van der Waals surface area contributed by atoms with Crippen LogP contribution >= 0.6 is 0 Å². The van der Waals surface area contributed by atoms with Crippen LogP contribution in [-0.2, 0) is 0 Å². The minimum Gasteiger partial charge on any atom is -0.504 e. The van der Waals surface area contributed by atoms with Crippen LogP contribution in [0.1, 0.15) is 0 Å². The molecule has 0 saturated heterocycles. The van der Waals surface area contributed by atoms with Gasteiger partial charge in [-0.3, -0.25) is 0 Å². The molecule has 1 rings (SSSR count). The fourth-order valence-corrected chi connectivity index (χ4v) is 0.890. The molecule has 0 amide bonds. The first-order valence-corrected chi connectivity index (χ1v) is 3.77. The van der Waals surface area contributed by atoms with Crippen molar-refractivity contribution < 1.29 is 39.5 Å². The van der Waals surface area contributed by atoms with Crippen LogP contribution in [-0.4, -0.2) is 32.7 Å². The zero-order valence-corrected chi connectivity index (χ0v) is 7.58. The van der Waals surface area contributed by atoms with Crippen molar-refractivity contribution in [2.45, 2.75) is 0 Å². The Hall–Kier alpha value is -2.64. The second kappa shape index (κ2) is 4.26. The molecule has 8 heteroatoms. The molecule has 0 atom stereocenters. The molecule has 0 aliphatic carbocycles. The fourth-order valence-electron chi connectivity index (χ4n) is 0.890. The topological polar surface area (TPSA) is 134 Å². The van der Waals surface area contributed by atoms with Gasteiger partial charge in [-0.1, -0.05) is 0 Å². The standard InChI is InChI=1S/C8H6O8/c9-3-1-5(15-7(11)12)4(10)2-6(3)16-8(13)14/h1-2,9-10H,(H,11,12)(H,13,14). The Kier molecular flexibility index (Phi) is 3.04. The van der Waals surface area contributed by atoms with Crippen LogP contribution in [0, 0.1) is 0 Å². The van der Waals surface area contributed by atoms with Crippen LogP contribution < -0.4 is 9.47 Å². The van der Waals surface area contributed by atoms with Crippen LogP contribution in [0.2, 0.25) is 0 Å². The summed E-state index contributed by atoms with van der Waals surface area (Å²) in [5.41, 5.74) is 0. The predicted molar refractivity (Wildman–Crippen MR) is 47.1 cm³/mol. The third-order valence-electron chi connectivity index (χ3n) is 1.44. The first kappa shape index (κ1) is 11.4. The number of phenolic OH excluding ortho intramolecular Hbond substituents is 2. The molecule has 0 saturated carbocycles. The highest BCUT2D eigenvalue weighted by molar-refractivity contribution is 5.67. The first-order chi connectivity index (χ1) is 7.40. The minimum atomic E-state index is -1.69. The molecule has 86 valence electrons. The van der Waals surface area contributed by atoms with E-state index in [2.05, 4.69) is 9.47 Å². The molecule has 0 spiro atoms. The van der Waals surface area contributed by atoms with Gasteiger partial charge in [0.1, 0.15) is 0 Å². The molecule has 0 radical (unpaired) electrons. The third kappa shape index (κ3) is 2.67. The largest absolute Gasteiger partial charge is 0.511 e. The monoisotopic (exact) mass is 230 g/mol.